The Morgan fingerprint density at radius 1 is 0.967 bits per heavy atom. The number of aldehydes is 1. The highest BCUT2D eigenvalue weighted by Gasteiger charge is 2.10. The molecule has 0 unspecified atom stereocenters. The molecule has 0 spiro atoms. The van der Waals surface area contributed by atoms with Gasteiger partial charge in [0.2, 0.25) is 5.88 Å². The Morgan fingerprint density at radius 3 is 2.73 bits per heavy atom. The minimum absolute atomic E-state index is 0.407. The van der Waals surface area contributed by atoms with Crippen LogP contribution in [0.15, 0.2) is 72.9 Å². The minimum Gasteiger partial charge on any atom is -0.439 e. The summed E-state index contributed by atoms with van der Waals surface area (Å²) in [5.74, 6) is 2.49. The van der Waals surface area contributed by atoms with E-state index >= 15 is 0 Å². The van der Waals surface area contributed by atoms with Crippen molar-refractivity contribution in [2.75, 3.05) is 0 Å². The number of nitrogens with one attached hydrogen (secondary N) is 2. The van der Waals surface area contributed by atoms with Crippen molar-refractivity contribution < 1.29 is 9.53 Å². The number of hydrogen-bond acceptors (Lipinski definition) is 5. The number of nitrogens with zero attached hydrogens (tertiary/aromatic N) is 3. The summed E-state index contributed by atoms with van der Waals surface area (Å²) in [6.07, 6.45) is 3.09. The minimum atomic E-state index is 0.407. The fourth-order valence-corrected chi connectivity index (χ4v) is 3.27. The van der Waals surface area contributed by atoms with E-state index in [1.54, 1.807) is 12.3 Å². The maximum absolute atomic E-state index is 11.2. The van der Waals surface area contributed by atoms with Gasteiger partial charge in [0.15, 0.2) is 12.1 Å². The molecule has 3 aromatic heterocycles. The SMILES string of the molecule is O=Cc1c[nH]c2ccc(Oc3cccc(-c4nnc(Cc5ccccc5)[nH]4)c3)nc12. The lowest BCUT2D eigenvalue weighted by molar-refractivity contribution is 0.112. The Balaban J connectivity index is 1.37. The van der Waals surface area contributed by atoms with Crippen LogP contribution in [-0.2, 0) is 6.42 Å². The summed E-state index contributed by atoms with van der Waals surface area (Å²) in [6.45, 7) is 0. The Labute approximate surface area is 171 Å². The molecule has 0 aliphatic carbocycles. The smallest absolute Gasteiger partial charge is 0.219 e. The molecule has 0 fully saturated rings. The predicted molar refractivity (Wildman–Crippen MR) is 113 cm³/mol. The van der Waals surface area contributed by atoms with Gasteiger partial charge in [-0.1, -0.05) is 42.5 Å². The number of H-pyrrole nitrogens is 2. The summed E-state index contributed by atoms with van der Waals surface area (Å²) < 4.78 is 5.92. The monoisotopic (exact) mass is 395 g/mol. The Bertz CT molecular complexity index is 1320. The maximum Gasteiger partial charge on any atom is 0.219 e. The number of fused-ring (bicyclic) bond motifs is 1. The van der Waals surface area contributed by atoms with E-state index in [0.29, 0.717) is 35.0 Å². The van der Waals surface area contributed by atoms with Gasteiger partial charge in [-0.15, -0.1) is 10.2 Å². The van der Waals surface area contributed by atoms with Crippen molar-refractivity contribution in [3.8, 4) is 23.0 Å². The van der Waals surface area contributed by atoms with Gasteiger partial charge < -0.3 is 14.7 Å². The van der Waals surface area contributed by atoms with Crippen molar-refractivity contribution in [1.29, 1.82) is 0 Å². The molecule has 7 nitrogen and oxygen atoms in total. The van der Waals surface area contributed by atoms with Crippen LogP contribution in [-0.4, -0.2) is 31.4 Å². The first-order valence-corrected chi connectivity index (χ1v) is 9.45. The van der Waals surface area contributed by atoms with Gasteiger partial charge >= 0.3 is 0 Å². The second kappa shape index (κ2) is 7.63. The van der Waals surface area contributed by atoms with Crippen molar-refractivity contribution in [1.82, 2.24) is 25.1 Å². The summed E-state index contributed by atoms with van der Waals surface area (Å²) in [5, 5.41) is 8.52. The third-order valence-electron chi connectivity index (χ3n) is 4.73. The van der Waals surface area contributed by atoms with Crippen molar-refractivity contribution in [3.05, 3.63) is 89.9 Å². The van der Waals surface area contributed by atoms with E-state index in [1.807, 2.05) is 48.5 Å². The number of hydrogen-bond donors (Lipinski definition) is 2. The number of carbonyl (C=O) groups excluding carboxylic acids is 1. The van der Waals surface area contributed by atoms with Gasteiger partial charge in [-0.05, 0) is 23.8 Å². The van der Waals surface area contributed by atoms with Crippen molar-refractivity contribution in [3.63, 3.8) is 0 Å². The summed E-state index contributed by atoms with van der Waals surface area (Å²) >= 11 is 0. The van der Waals surface area contributed by atoms with Gasteiger partial charge in [0.05, 0.1) is 11.1 Å². The molecule has 0 saturated heterocycles. The third kappa shape index (κ3) is 3.56. The van der Waals surface area contributed by atoms with Crippen molar-refractivity contribution >= 4 is 17.3 Å². The van der Waals surface area contributed by atoms with Crippen molar-refractivity contribution in [2.45, 2.75) is 6.42 Å². The normalized spacial score (nSPS) is 10.9. The van der Waals surface area contributed by atoms with Crippen LogP contribution in [0.3, 0.4) is 0 Å². The molecule has 30 heavy (non-hydrogen) atoms. The number of aromatic amines is 2. The first-order valence-electron chi connectivity index (χ1n) is 9.45. The summed E-state index contributed by atoms with van der Waals surface area (Å²) in [4.78, 5) is 21.9. The molecule has 0 radical (unpaired) electrons. The van der Waals surface area contributed by atoms with E-state index in [0.717, 1.165) is 23.2 Å². The first kappa shape index (κ1) is 17.8. The van der Waals surface area contributed by atoms with E-state index in [-0.39, 0.29) is 0 Å². The van der Waals surface area contributed by atoms with E-state index in [2.05, 4.69) is 37.3 Å². The van der Waals surface area contributed by atoms with Crippen LogP contribution < -0.4 is 4.74 Å². The average Bonchev–Trinajstić information content (AvgIpc) is 3.41. The fourth-order valence-electron chi connectivity index (χ4n) is 3.27. The lowest BCUT2D eigenvalue weighted by Gasteiger charge is -2.06. The fraction of sp³-hybridized carbons (Fsp3) is 0.0435. The second-order valence-corrected chi connectivity index (χ2v) is 6.82. The Morgan fingerprint density at radius 2 is 1.87 bits per heavy atom. The molecule has 146 valence electrons. The first-order chi connectivity index (χ1) is 14.8. The van der Waals surface area contributed by atoms with Crippen LogP contribution in [0.4, 0.5) is 0 Å². The van der Waals surface area contributed by atoms with Gasteiger partial charge in [-0.2, -0.15) is 0 Å². The third-order valence-corrected chi connectivity index (χ3v) is 4.73. The van der Waals surface area contributed by atoms with Gasteiger partial charge in [0.25, 0.3) is 0 Å². The predicted octanol–water partition coefficient (Wildman–Crippen LogP) is 4.54. The highest BCUT2D eigenvalue weighted by Crippen LogP contribution is 2.26. The topological polar surface area (TPSA) is 96.5 Å². The Hall–Kier alpha value is -4.26. The summed E-state index contributed by atoms with van der Waals surface area (Å²) in [5.41, 5.74) is 3.89. The number of aromatic nitrogens is 5. The molecule has 0 aliphatic rings. The van der Waals surface area contributed by atoms with Crippen molar-refractivity contribution in [2.24, 2.45) is 0 Å². The lowest BCUT2D eigenvalue weighted by atomic mass is 10.1. The van der Waals surface area contributed by atoms with E-state index in [4.69, 9.17) is 4.74 Å². The zero-order valence-electron chi connectivity index (χ0n) is 15.9. The quantitative estimate of drug-likeness (QED) is 0.411. The zero-order chi connectivity index (χ0) is 20.3. The van der Waals surface area contributed by atoms with E-state index in [9.17, 15) is 4.79 Å². The maximum atomic E-state index is 11.2. The highest BCUT2D eigenvalue weighted by atomic mass is 16.5. The molecular weight excluding hydrogens is 378 g/mol. The molecule has 2 N–H and O–H groups in total. The number of ether oxygens (including phenoxy) is 1. The molecule has 5 aromatic rings. The van der Waals surface area contributed by atoms with Crippen LogP contribution in [0, 0.1) is 0 Å². The van der Waals surface area contributed by atoms with Crippen LogP contribution in [0.2, 0.25) is 0 Å². The Kier molecular flexibility index (Phi) is 4.53. The second-order valence-electron chi connectivity index (χ2n) is 6.82. The zero-order valence-corrected chi connectivity index (χ0v) is 15.9. The molecule has 0 bridgehead atoms. The van der Waals surface area contributed by atoms with E-state index in [1.165, 1.54) is 5.56 Å². The molecule has 0 saturated carbocycles. The lowest BCUT2D eigenvalue weighted by Crippen LogP contribution is -1.91. The number of rotatable bonds is 6. The number of carbonyl (C=O) groups is 1. The molecule has 0 amide bonds. The largest absolute Gasteiger partial charge is 0.439 e. The van der Waals surface area contributed by atoms with E-state index < -0.39 is 0 Å². The standard InChI is InChI=1S/C23H17N5O2/c29-14-17-13-24-19-9-10-21(26-22(17)19)30-18-8-4-7-16(12-18)23-25-20(27-28-23)11-15-5-2-1-3-6-15/h1-10,12-14,24H,11H2,(H,25,27,28). The average molecular weight is 395 g/mol. The van der Waals surface area contributed by atoms with Gasteiger partial charge in [-0.3, -0.25) is 4.79 Å². The van der Waals surface area contributed by atoms with Crippen LogP contribution in [0.5, 0.6) is 11.6 Å². The molecular formula is C23H17N5O2. The molecule has 5 rings (SSSR count). The molecule has 7 heteroatoms. The highest BCUT2D eigenvalue weighted by molar-refractivity contribution is 5.94. The molecule has 0 aliphatic heterocycles. The number of pyridine rings is 1. The van der Waals surface area contributed by atoms with Crippen LogP contribution in [0.25, 0.3) is 22.4 Å². The van der Waals surface area contributed by atoms with Crippen LogP contribution in [0.1, 0.15) is 21.7 Å². The van der Waals surface area contributed by atoms with Crippen LogP contribution >= 0.6 is 0 Å². The van der Waals surface area contributed by atoms with Gasteiger partial charge in [0, 0.05) is 24.2 Å². The van der Waals surface area contributed by atoms with Gasteiger partial charge in [-0.25, -0.2) is 4.98 Å². The van der Waals surface area contributed by atoms with Gasteiger partial charge in [0.1, 0.15) is 17.1 Å². The molecule has 3 heterocycles. The molecule has 0 atom stereocenters. The summed E-state index contributed by atoms with van der Waals surface area (Å²) in [6, 6.07) is 21.2. The molecule has 2 aromatic carbocycles. The number of benzene rings is 2. The summed E-state index contributed by atoms with van der Waals surface area (Å²) in [7, 11) is 0.